The summed E-state index contributed by atoms with van der Waals surface area (Å²) >= 11 is 0. The molecule has 0 fully saturated rings. The first-order chi connectivity index (χ1) is 7.69. The van der Waals surface area contributed by atoms with Gasteiger partial charge < -0.3 is 0 Å². The Balaban J connectivity index is 2.27. The van der Waals surface area contributed by atoms with Gasteiger partial charge in [-0.05, 0) is 18.2 Å². The highest BCUT2D eigenvalue weighted by Gasteiger charge is 2.06. The Kier molecular flexibility index (Phi) is 2.60. The minimum atomic E-state index is -0.518. The highest BCUT2D eigenvalue weighted by molar-refractivity contribution is 5.19. The SMILES string of the molecule is N#Cc1ncn(Cc2cc(F)ccc2F)n1. The lowest BCUT2D eigenvalue weighted by molar-refractivity contribution is 0.566. The molecule has 1 heterocycles. The molecule has 0 saturated heterocycles. The maximum atomic E-state index is 13.3. The summed E-state index contributed by atoms with van der Waals surface area (Å²) in [6, 6.07) is 4.93. The number of benzene rings is 1. The third-order valence-electron chi connectivity index (χ3n) is 1.98. The van der Waals surface area contributed by atoms with Crippen LogP contribution in [0.15, 0.2) is 24.5 Å². The smallest absolute Gasteiger partial charge is 0.247 e. The van der Waals surface area contributed by atoms with Crippen LogP contribution in [-0.4, -0.2) is 14.8 Å². The number of halogens is 2. The molecule has 1 aromatic carbocycles. The third kappa shape index (κ3) is 2.03. The van der Waals surface area contributed by atoms with Crippen LogP contribution >= 0.6 is 0 Å². The van der Waals surface area contributed by atoms with Crippen LogP contribution in [0.2, 0.25) is 0 Å². The quantitative estimate of drug-likeness (QED) is 0.770. The molecule has 80 valence electrons. The predicted octanol–water partition coefficient (Wildman–Crippen LogP) is 1.48. The van der Waals surface area contributed by atoms with E-state index in [1.807, 2.05) is 0 Å². The van der Waals surface area contributed by atoms with E-state index >= 15 is 0 Å². The van der Waals surface area contributed by atoms with Crippen LogP contribution in [-0.2, 0) is 6.54 Å². The molecule has 0 saturated carbocycles. The Morgan fingerprint density at radius 3 is 2.88 bits per heavy atom. The van der Waals surface area contributed by atoms with Crippen LogP contribution in [0.1, 0.15) is 11.4 Å². The number of aromatic nitrogens is 3. The zero-order valence-corrected chi connectivity index (χ0v) is 8.06. The van der Waals surface area contributed by atoms with Gasteiger partial charge in [0.1, 0.15) is 24.0 Å². The number of hydrogen-bond acceptors (Lipinski definition) is 3. The molecule has 0 aliphatic rings. The average molecular weight is 220 g/mol. The van der Waals surface area contributed by atoms with E-state index in [0.717, 1.165) is 18.2 Å². The molecule has 0 radical (unpaired) electrons. The van der Waals surface area contributed by atoms with Gasteiger partial charge in [-0.1, -0.05) is 0 Å². The minimum absolute atomic E-state index is 0.00295. The van der Waals surface area contributed by atoms with Crippen molar-refractivity contribution in [2.45, 2.75) is 6.54 Å². The second-order valence-corrected chi connectivity index (χ2v) is 3.11. The van der Waals surface area contributed by atoms with Crippen molar-refractivity contribution in [1.82, 2.24) is 14.8 Å². The standard InChI is InChI=1S/C10H6F2N4/c11-8-1-2-9(12)7(3-8)5-16-6-14-10(4-13)15-16/h1-3,6H,5H2. The third-order valence-corrected chi connectivity index (χ3v) is 1.98. The number of rotatable bonds is 2. The fourth-order valence-corrected chi connectivity index (χ4v) is 1.26. The van der Waals surface area contributed by atoms with Gasteiger partial charge in [0.25, 0.3) is 5.82 Å². The topological polar surface area (TPSA) is 54.5 Å². The molecular weight excluding hydrogens is 214 g/mol. The van der Waals surface area contributed by atoms with Gasteiger partial charge in [-0.2, -0.15) is 5.26 Å². The van der Waals surface area contributed by atoms with E-state index in [2.05, 4.69) is 10.1 Å². The van der Waals surface area contributed by atoms with Gasteiger partial charge in [-0.3, -0.25) is 0 Å². The first-order valence-electron chi connectivity index (χ1n) is 4.42. The van der Waals surface area contributed by atoms with Crippen molar-refractivity contribution in [3.63, 3.8) is 0 Å². The summed E-state index contributed by atoms with van der Waals surface area (Å²) in [5, 5.41) is 12.2. The molecule has 4 nitrogen and oxygen atoms in total. The van der Waals surface area contributed by atoms with Gasteiger partial charge in [0, 0.05) is 5.56 Å². The van der Waals surface area contributed by atoms with Crippen molar-refractivity contribution >= 4 is 0 Å². The normalized spacial score (nSPS) is 10.1. The van der Waals surface area contributed by atoms with Crippen molar-refractivity contribution in [1.29, 1.82) is 5.26 Å². The minimum Gasteiger partial charge on any atom is -0.247 e. The van der Waals surface area contributed by atoms with Crippen LogP contribution in [0.5, 0.6) is 0 Å². The Morgan fingerprint density at radius 1 is 1.38 bits per heavy atom. The van der Waals surface area contributed by atoms with Crippen LogP contribution in [0.25, 0.3) is 0 Å². The van der Waals surface area contributed by atoms with E-state index in [1.165, 1.54) is 11.0 Å². The van der Waals surface area contributed by atoms with Crippen molar-refractivity contribution in [2.24, 2.45) is 0 Å². The molecule has 0 N–H and O–H groups in total. The zero-order valence-electron chi connectivity index (χ0n) is 8.06. The van der Waals surface area contributed by atoms with Gasteiger partial charge in [0.15, 0.2) is 0 Å². The maximum Gasteiger partial charge on any atom is 0.252 e. The largest absolute Gasteiger partial charge is 0.252 e. The summed E-state index contributed by atoms with van der Waals surface area (Å²) in [5.74, 6) is -1.04. The number of nitrogens with zero attached hydrogens (tertiary/aromatic N) is 4. The summed E-state index contributed by atoms with van der Waals surface area (Å²) < 4.78 is 27.4. The zero-order chi connectivity index (χ0) is 11.5. The number of nitriles is 1. The van der Waals surface area contributed by atoms with Gasteiger partial charge >= 0.3 is 0 Å². The van der Waals surface area contributed by atoms with Crippen molar-refractivity contribution in [3.05, 3.63) is 47.5 Å². The van der Waals surface area contributed by atoms with Crippen LogP contribution in [0.3, 0.4) is 0 Å². The summed E-state index contributed by atoms with van der Waals surface area (Å²) in [7, 11) is 0. The van der Waals surface area contributed by atoms with E-state index < -0.39 is 11.6 Å². The van der Waals surface area contributed by atoms with Crippen LogP contribution < -0.4 is 0 Å². The molecule has 16 heavy (non-hydrogen) atoms. The van der Waals surface area contributed by atoms with Crippen LogP contribution in [0.4, 0.5) is 8.78 Å². The molecular formula is C10H6F2N4. The predicted molar refractivity (Wildman–Crippen MR) is 50.2 cm³/mol. The summed E-state index contributed by atoms with van der Waals surface area (Å²) in [6.45, 7) is 0.0400. The lowest BCUT2D eigenvalue weighted by Crippen LogP contribution is -2.03. The van der Waals surface area contributed by atoms with Crippen molar-refractivity contribution in [2.75, 3.05) is 0 Å². The Bertz CT molecular complexity index is 556. The molecule has 0 unspecified atom stereocenters. The first-order valence-corrected chi connectivity index (χ1v) is 4.42. The lowest BCUT2D eigenvalue weighted by Gasteiger charge is -2.02. The highest BCUT2D eigenvalue weighted by Crippen LogP contribution is 2.10. The highest BCUT2D eigenvalue weighted by atomic mass is 19.1. The van der Waals surface area contributed by atoms with E-state index in [-0.39, 0.29) is 17.9 Å². The van der Waals surface area contributed by atoms with E-state index in [9.17, 15) is 8.78 Å². The van der Waals surface area contributed by atoms with Gasteiger partial charge in [-0.25, -0.2) is 18.4 Å². The molecule has 0 bridgehead atoms. The Morgan fingerprint density at radius 2 is 2.19 bits per heavy atom. The molecule has 2 rings (SSSR count). The maximum absolute atomic E-state index is 13.3. The molecule has 0 amide bonds. The summed E-state index contributed by atoms with van der Waals surface area (Å²) in [5.41, 5.74) is 0.161. The molecule has 6 heteroatoms. The van der Waals surface area contributed by atoms with Crippen molar-refractivity contribution < 1.29 is 8.78 Å². The monoisotopic (exact) mass is 220 g/mol. The van der Waals surface area contributed by atoms with E-state index in [0.29, 0.717) is 0 Å². The van der Waals surface area contributed by atoms with E-state index in [1.54, 1.807) is 6.07 Å². The first kappa shape index (κ1) is 10.2. The molecule has 0 spiro atoms. The summed E-state index contributed by atoms with van der Waals surface area (Å²) in [6.07, 6.45) is 1.29. The van der Waals surface area contributed by atoms with Gasteiger partial charge in [0.05, 0.1) is 6.54 Å². The molecule has 0 aliphatic carbocycles. The second kappa shape index (κ2) is 4.06. The molecule has 0 atom stereocenters. The summed E-state index contributed by atoms with van der Waals surface area (Å²) in [4.78, 5) is 3.66. The second-order valence-electron chi connectivity index (χ2n) is 3.11. The average Bonchev–Trinajstić information content (AvgIpc) is 2.71. The number of hydrogen-bond donors (Lipinski definition) is 0. The lowest BCUT2D eigenvalue weighted by atomic mass is 10.2. The van der Waals surface area contributed by atoms with Crippen molar-refractivity contribution in [3.8, 4) is 6.07 Å². The molecule has 0 aliphatic heterocycles. The fraction of sp³-hybridized carbons (Fsp3) is 0.100. The van der Waals surface area contributed by atoms with E-state index in [4.69, 9.17) is 5.26 Å². The Labute approximate surface area is 89.8 Å². The fourth-order valence-electron chi connectivity index (χ4n) is 1.26. The Hall–Kier alpha value is -2.29. The molecule has 1 aromatic heterocycles. The van der Waals surface area contributed by atoms with Crippen LogP contribution in [0, 0.1) is 23.0 Å². The molecule has 2 aromatic rings. The van der Waals surface area contributed by atoms with Gasteiger partial charge in [0.2, 0.25) is 0 Å². The van der Waals surface area contributed by atoms with Gasteiger partial charge in [-0.15, -0.1) is 5.10 Å².